The van der Waals surface area contributed by atoms with Crippen molar-refractivity contribution >= 4 is 52.5 Å². The van der Waals surface area contributed by atoms with Crippen LogP contribution in [-0.4, -0.2) is 23.4 Å². The van der Waals surface area contributed by atoms with Crippen LogP contribution >= 0.6 is 23.2 Å². The average molecular weight is 526 g/mol. The maximum absolute atomic E-state index is 12.6. The van der Waals surface area contributed by atoms with Gasteiger partial charge in [-0.25, -0.2) is 4.79 Å². The van der Waals surface area contributed by atoms with E-state index in [1.807, 2.05) is 0 Å². The molecule has 3 aromatic carbocycles. The number of ether oxygens (including phenoxy) is 2. The Morgan fingerprint density at radius 1 is 1.08 bits per heavy atom. The molecule has 0 saturated heterocycles. The summed E-state index contributed by atoms with van der Waals surface area (Å²) in [5.41, 5.74) is 0.311. The van der Waals surface area contributed by atoms with Crippen LogP contribution in [0.2, 0.25) is 10.0 Å². The molecule has 0 aliphatic rings. The Morgan fingerprint density at radius 2 is 1.81 bits per heavy atom. The minimum absolute atomic E-state index is 0.0553. The van der Waals surface area contributed by atoms with Crippen LogP contribution in [0.25, 0.3) is 6.08 Å². The first kappa shape index (κ1) is 26.2. The maximum atomic E-state index is 12.6. The van der Waals surface area contributed by atoms with Crippen molar-refractivity contribution in [3.8, 4) is 17.6 Å². The van der Waals surface area contributed by atoms with E-state index in [0.717, 1.165) is 6.07 Å². The predicted octanol–water partition coefficient (Wildman–Crippen LogP) is 6.07. The quantitative estimate of drug-likeness (QED) is 0.0942. The minimum atomic E-state index is -0.774. The highest BCUT2D eigenvalue weighted by Gasteiger charge is 2.16. The number of hydrogen-bond donors (Lipinski definition) is 1. The lowest BCUT2D eigenvalue weighted by molar-refractivity contribution is -0.384. The van der Waals surface area contributed by atoms with E-state index in [9.17, 15) is 25.0 Å². The van der Waals surface area contributed by atoms with Crippen molar-refractivity contribution in [2.75, 3.05) is 11.9 Å². The fraction of sp³-hybridized carbons (Fsp3) is 0.0800. The third kappa shape index (κ3) is 6.60. The summed E-state index contributed by atoms with van der Waals surface area (Å²) in [6, 6.07) is 16.0. The molecule has 3 rings (SSSR count). The number of nitro benzene ring substituents is 1. The standard InChI is InChI=1S/C25H17Cl2N3O6/c1-2-35-23-12-15(3-10-22(23)36-25(32)16-4-6-18(26)7-5-16)11-17(14-28)24(31)29-21-9-8-19(30(33)34)13-20(21)27/h3-13H,2H2,1H3,(H,29,31). The molecular formula is C25H17Cl2N3O6. The van der Waals surface area contributed by atoms with Crippen molar-refractivity contribution in [2.24, 2.45) is 0 Å². The topological polar surface area (TPSA) is 132 Å². The lowest BCUT2D eigenvalue weighted by Gasteiger charge is -2.12. The molecule has 0 aliphatic carbocycles. The first-order valence-corrected chi connectivity index (χ1v) is 11.1. The van der Waals surface area contributed by atoms with Crippen LogP contribution in [0.15, 0.2) is 66.2 Å². The van der Waals surface area contributed by atoms with E-state index in [2.05, 4.69) is 5.32 Å². The molecule has 0 heterocycles. The predicted molar refractivity (Wildman–Crippen MR) is 134 cm³/mol. The van der Waals surface area contributed by atoms with Crippen LogP contribution in [0.5, 0.6) is 11.5 Å². The Morgan fingerprint density at radius 3 is 2.42 bits per heavy atom. The Balaban J connectivity index is 1.82. The van der Waals surface area contributed by atoms with E-state index in [0.29, 0.717) is 16.1 Å². The minimum Gasteiger partial charge on any atom is -0.490 e. The molecule has 0 bridgehead atoms. The van der Waals surface area contributed by atoms with E-state index >= 15 is 0 Å². The number of nitrogens with one attached hydrogen (secondary N) is 1. The number of carbonyl (C=O) groups is 2. The van der Waals surface area contributed by atoms with Gasteiger partial charge in [0.05, 0.1) is 27.8 Å². The molecule has 0 aliphatic heterocycles. The smallest absolute Gasteiger partial charge is 0.343 e. The number of carbonyl (C=O) groups excluding carboxylic acids is 2. The van der Waals surface area contributed by atoms with Crippen molar-refractivity contribution in [1.82, 2.24) is 0 Å². The van der Waals surface area contributed by atoms with Gasteiger partial charge in [0.25, 0.3) is 11.6 Å². The Labute approximate surface area is 215 Å². The number of nitro groups is 1. The van der Waals surface area contributed by atoms with Gasteiger partial charge in [0, 0.05) is 17.2 Å². The number of amides is 1. The largest absolute Gasteiger partial charge is 0.490 e. The van der Waals surface area contributed by atoms with Gasteiger partial charge in [-0.3, -0.25) is 14.9 Å². The Kier molecular flexibility index (Phi) is 8.62. The zero-order valence-corrected chi connectivity index (χ0v) is 20.2. The number of nitrogens with zero attached hydrogens (tertiary/aromatic N) is 2. The highest BCUT2D eigenvalue weighted by Crippen LogP contribution is 2.31. The van der Waals surface area contributed by atoms with Crippen molar-refractivity contribution in [3.63, 3.8) is 0 Å². The number of nitriles is 1. The van der Waals surface area contributed by atoms with Crippen LogP contribution in [0.3, 0.4) is 0 Å². The average Bonchev–Trinajstić information content (AvgIpc) is 2.85. The first-order chi connectivity index (χ1) is 17.2. The lowest BCUT2D eigenvalue weighted by atomic mass is 10.1. The van der Waals surface area contributed by atoms with Gasteiger partial charge >= 0.3 is 5.97 Å². The summed E-state index contributed by atoms with van der Waals surface area (Å²) < 4.78 is 11.0. The number of hydrogen-bond acceptors (Lipinski definition) is 7. The molecule has 0 spiro atoms. The monoisotopic (exact) mass is 525 g/mol. The fourth-order valence-electron chi connectivity index (χ4n) is 2.94. The van der Waals surface area contributed by atoms with Crippen LogP contribution in [0.4, 0.5) is 11.4 Å². The van der Waals surface area contributed by atoms with Crippen molar-refractivity contribution in [1.29, 1.82) is 5.26 Å². The van der Waals surface area contributed by atoms with E-state index < -0.39 is 16.8 Å². The highest BCUT2D eigenvalue weighted by atomic mass is 35.5. The van der Waals surface area contributed by atoms with Gasteiger partial charge in [0.15, 0.2) is 11.5 Å². The Hall–Kier alpha value is -4.39. The SMILES string of the molecule is CCOc1cc(C=C(C#N)C(=O)Nc2ccc([N+](=O)[O-])cc2Cl)ccc1OC(=O)c1ccc(Cl)cc1. The number of halogens is 2. The summed E-state index contributed by atoms with van der Waals surface area (Å²) in [4.78, 5) is 35.3. The molecule has 3 aromatic rings. The van der Waals surface area contributed by atoms with Gasteiger partial charge in [-0.05, 0) is 61.0 Å². The van der Waals surface area contributed by atoms with Gasteiger partial charge in [0.1, 0.15) is 11.6 Å². The third-order valence-corrected chi connectivity index (χ3v) is 5.20. The van der Waals surface area contributed by atoms with Gasteiger partial charge < -0.3 is 14.8 Å². The molecule has 1 N–H and O–H groups in total. The molecule has 0 aromatic heterocycles. The highest BCUT2D eigenvalue weighted by molar-refractivity contribution is 6.34. The molecule has 0 fully saturated rings. The van der Waals surface area contributed by atoms with Gasteiger partial charge in [-0.1, -0.05) is 29.3 Å². The lowest BCUT2D eigenvalue weighted by Crippen LogP contribution is -2.14. The second-order valence-electron chi connectivity index (χ2n) is 7.08. The van der Waals surface area contributed by atoms with Crippen LogP contribution in [-0.2, 0) is 4.79 Å². The third-order valence-electron chi connectivity index (χ3n) is 4.64. The van der Waals surface area contributed by atoms with Gasteiger partial charge in [-0.2, -0.15) is 5.26 Å². The fourth-order valence-corrected chi connectivity index (χ4v) is 3.28. The summed E-state index contributed by atoms with van der Waals surface area (Å²) in [5, 5.41) is 23.2. The number of anilines is 1. The number of non-ortho nitro benzene ring substituents is 1. The summed E-state index contributed by atoms with van der Waals surface area (Å²) in [6.45, 7) is 2.01. The zero-order chi connectivity index (χ0) is 26.2. The molecular weight excluding hydrogens is 509 g/mol. The molecule has 0 radical (unpaired) electrons. The number of benzene rings is 3. The van der Waals surface area contributed by atoms with E-state index in [4.69, 9.17) is 32.7 Å². The molecule has 11 heteroatoms. The zero-order valence-electron chi connectivity index (χ0n) is 18.7. The van der Waals surface area contributed by atoms with Crippen molar-refractivity contribution in [2.45, 2.75) is 6.92 Å². The summed E-state index contributed by atoms with van der Waals surface area (Å²) in [5.74, 6) is -1.02. The van der Waals surface area contributed by atoms with Crippen LogP contribution in [0.1, 0.15) is 22.8 Å². The molecule has 0 saturated carbocycles. The molecule has 36 heavy (non-hydrogen) atoms. The second-order valence-corrected chi connectivity index (χ2v) is 7.92. The molecule has 9 nitrogen and oxygen atoms in total. The maximum Gasteiger partial charge on any atom is 0.343 e. The van der Waals surface area contributed by atoms with E-state index in [1.54, 1.807) is 25.1 Å². The van der Waals surface area contributed by atoms with Gasteiger partial charge in [-0.15, -0.1) is 0 Å². The summed E-state index contributed by atoms with van der Waals surface area (Å²) in [6.07, 6.45) is 1.31. The number of esters is 1. The van der Waals surface area contributed by atoms with Crippen molar-refractivity contribution in [3.05, 3.63) is 97.5 Å². The van der Waals surface area contributed by atoms with Crippen LogP contribution in [0, 0.1) is 21.4 Å². The summed E-state index contributed by atoms with van der Waals surface area (Å²) in [7, 11) is 0. The molecule has 1 amide bonds. The Bertz CT molecular complexity index is 1400. The molecule has 0 atom stereocenters. The number of rotatable bonds is 8. The molecule has 182 valence electrons. The van der Waals surface area contributed by atoms with E-state index in [-0.39, 0.29) is 40.1 Å². The molecule has 0 unspecified atom stereocenters. The second kappa shape index (κ2) is 11.8. The van der Waals surface area contributed by atoms with Gasteiger partial charge in [0.2, 0.25) is 0 Å². The first-order valence-electron chi connectivity index (χ1n) is 10.3. The van der Waals surface area contributed by atoms with Crippen molar-refractivity contribution < 1.29 is 24.0 Å². The van der Waals surface area contributed by atoms with Crippen LogP contribution < -0.4 is 14.8 Å². The summed E-state index contributed by atoms with van der Waals surface area (Å²) >= 11 is 11.9. The van der Waals surface area contributed by atoms with E-state index in [1.165, 1.54) is 48.5 Å². The normalized spacial score (nSPS) is 10.8.